The average Bonchev–Trinajstić information content (AvgIpc) is 2.61. The molecule has 98 valence electrons. The Hall–Kier alpha value is -0.0400. The molecule has 3 fully saturated rings. The maximum atomic E-state index is 9.92. The molecule has 0 saturated heterocycles. The first kappa shape index (κ1) is 12.0. The first-order valence-corrected chi connectivity index (χ1v) is 7.63. The third-order valence-corrected chi connectivity index (χ3v) is 7.12. The lowest BCUT2D eigenvalue weighted by molar-refractivity contribution is 0.0168. The molecule has 2 bridgehead atoms. The molecule has 0 aromatic rings. The fourth-order valence-electron chi connectivity index (χ4n) is 5.54. The van der Waals surface area contributed by atoms with Crippen LogP contribution in [0.4, 0.5) is 0 Å². The van der Waals surface area contributed by atoms with Gasteiger partial charge in [0.15, 0.2) is 0 Å². The molecule has 5 atom stereocenters. The zero-order valence-corrected chi connectivity index (χ0v) is 11.7. The number of rotatable bonds is 1. The van der Waals surface area contributed by atoms with Crippen molar-refractivity contribution in [3.63, 3.8) is 0 Å². The molecule has 0 aromatic heterocycles. The molecule has 1 nitrogen and oxygen atoms in total. The highest BCUT2D eigenvalue weighted by molar-refractivity contribution is 5.11. The van der Waals surface area contributed by atoms with E-state index in [2.05, 4.69) is 20.8 Å². The summed E-state index contributed by atoms with van der Waals surface area (Å²) in [4.78, 5) is 0. The van der Waals surface area contributed by atoms with Gasteiger partial charge in [0.05, 0.1) is 6.10 Å². The Balaban J connectivity index is 1.82. The minimum Gasteiger partial charge on any atom is -0.393 e. The van der Waals surface area contributed by atoms with Crippen molar-refractivity contribution in [2.75, 3.05) is 0 Å². The zero-order chi connectivity index (χ0) is 12.3. The summed E-state index contributed by atoms with van der Waals surface area (Å²) in [6.07, 6.45) is 9.09. The van der Waals surface area contributed by atoms with Crippen molar-refractivity contribution in [1.82, 2.24) is 0 Å². The van der Waals surface area contributed by atoms with Crippen molar-refractivity contribution in [1.29, 1.82) is 0 Å². The Morgan fingerprint density at radius 1 is 1.00 bits per heavy atom. The first-order chi connectivity index (χ1) is 7.95. The molecular weight excluding hydrogens is 208 g/mol. The maximum Gasteiger partial charge on any atom is 0.0543 e. The van der Waals surface area contributed by atoms with Gasteiger partial charge in [-0.2, -0.15) is 0 Å². The summed E-state index contributed by atoms with van der Waals surface area (Å²) in [6.45, 7) is 7.56. The Morgan fingerprint density at radius 3 is 2.29 bits per heavy atom. The van der Waals surface area contributed by atoms with Crippen LogP contribution in [0.5, 0.6) is 0 Å². The summed E-state index contributed by atoms with van der Waals surface area (Å²) in [5.41, 5.74) is 1.10. The van der Waals surface area contributed by atoms with E-state index in [0.717, 1.165) is 30.6 Å². The van der Waals surface area contributed by atoms with Crippen LogP contribution < -0.4 is 0 Å². The standard InChI is InChI=1S/C16H28O/c1-15(2)12-7-8-16(15,3)14(10-12)11-5-4-6-13(17)9-11/h11-14,17H,4-10H2,1-3H3/t11?,12-,13?,14+,16+/m0/s1. The molecule has 0 heterocycles. The lowest BCUT2D eigenvalue weighted by atomic mass is 9.61. The van der Waals surface area contributed by atoms with Crippen LogP contribution in [0, 0.1) is 28.6 Å². The summed E-state index contributed by atoms with van der Waals surface area (Å²) in [7, 11) is 0. The predicted molar refractivity (Wildman–Crippen MR) is 70.7 cm³/mol. The lowest BCUT2D eigenvalue weighted by Gasteiger charge is -2.44. The Kier molecular flexibility index (Phi) is 2.63. The van der Waals surface area contributed by atoms with Crippen LogP contribution >= 0.6 is 0 Å². The average molecular weight is 236 g/mol. The molecule has 0 radical (unpaired) electrons. The van der Waals surface area contributed by atoms with Gasteiger partial charge in [-0.15, -0.1) is 0 Å². The second-order valence-electron chi connectivity index (χ2n) is 7.80. The largest absolute Gasteiger partial charge is 0.393 e. The van der Waals surface area contributed by atoms with E-state index >= 15 is 0 Å². The summed E-state index contributed by atoms with van der Waals surface area (Å²) in [6, 6.07) is 0. The number of aliphatic hydroxyl groups is 1. The van der Waals surface area contributed by atoms with E-state index in [-0.39, 0.29) is 6.10 Å². The topological polar surface area (TPSA) is 20.2 Å². The quantitative estimate of drug-likeness (QED) is 0.729. The molecule has 3 aliphatic carbocycles. The van der Waals surface area contributed by atoms with Gasteiger partial charge in [-0.1, -0.05) is 27.2 Å². The van der Waals surface area contributed by atoms with Crippen LogP contribution in [0.1, 0.15) is 65.7 Å². The highest BCUT2D eigenvalue weighted by Gasteiger charge is 2.62. The van der Waals surface area contributed by atoms with Crippen LogP contribution in [-0.2, 0) is 0 Å². The van der Waals surface area contributed by atoms with Gasteiger partial charge in [0, 0.05) is 0 Å². The van der Waals surface area contributed by atoms with Gasteiger partial charge in [0.25, 0.3) is 0 Å². The van der Waals surface area contributed by atoms with Gasteiger partial charge in [-0.25, -0.2) is 0 Å². The molecule has 0 aliphatic heterocycles. The number of aliphatic hydroxyl groups excluding tert-OH is 1. The lowest BCUT2D eigenvalue weighted by Crippen LogP contribution is -2.38. The van der Waals surface area contributed by atoms with Gasteiger partial charge in [0.1, 0.15) is 0 Å². The first-order valence-electron chi connectivity index (χ1n) is 7.63. The SMILES string of the molecule is CC1(C)[C@H]2CC[C@]1(C)[C@@H](C1CCCC(O)C1)C2. The zero-order valence-electron chi connectivity index (χ0n) is 11.7. The van der Waals surface area contributed by atoms with E-state index in [4.69, 9.17) is 0 Å². The molecule has 1 N–H and O–H groups in total. The van der Waals surface area contributed by atoms with E-state index in [0.29, 0.717) is 10.8 Å². The molecular formula is C16H28O. The third kappa shape index (κ3) is 1.54. The Morgan fingerprint density at radius 2 is 1.76 bits per heavy atom. The summed E-state index contributed by atoms with van der Waals surface area (Å²) >= 11 is 0. The molecule has 3 rings (SSSR count). The number of hydrogen-bond acceptors (Lipinski definition) is 1. The highest BCUT2D eigenvalue weighted by atomic mass is 16.3. The van der Waals surface area contributed by atoms with Crippen LogP contribution in [0.25, 0.3) is 0 Å². The van der Waals surface area contributed by atoms with E-state index in [1.807, 2.05) is 0 Å². The number of hydrogen-bond donors (Lipinski definition) is 1. The van der Waals surface area contributed by atoms with Crippen molar-refractivity contribution in [3.05, 3.63) is 0 Å². The summed E-state index contributed by atoms with van der Waals surface area (Å²) in [5.74, 6) is 2.66. The molecule has 3 aliphatic rings. The number of fused-ring (bicyclic) bond motifs is 2. The predicted octanol–water partition coefficient (Wildman–Crippen LogP) is 4.00. The van der Waals surface area contributed by atoms with Crippen molar-refractivity contribution >= 4 is 0 Å². The smallest absolute Gasteiger partial charge is 0.0543 e. The molecule has 0 aromatic carbocycles. The molecule has 0 spiro atoms. The molecule has 2 unspecified atom stereocenters. The van der Waals surface area contributed by atoms with Gasteiger partial charge in [-0.05, 0) is 67.1 Å². The second-order valence-corrected chi connectivity index (χ2v) is 7.80. The van der Waals surface area contributed by atoms with Crippen molar-refractivity contribution in [2.24, 2.45) is 28.6 Å². The van der Waals surface area contributed by atoms with Crippen LogP contribution in [0.3, 0.4) is 0 Å². The van der Waals surface area contributed by atoms with E-state index < -0.39 is 0 Å². The third-order valence-electron chi connectivity index (χ3n) is 7.12. The summed E-state index contributed by atoms with van der Waals surface area (Å²) in [5, 5.41) is 9.92. The van der Waals surface area contributed by atoms with E-state index in [9.17, 15) is 5.11 Å². The minimum absolute atomic E-state index is 0.000381. The molecule has 1 heteroatoms. The van der Waals surface area contributed by atoms with Crippen molar-refractivity contribution in [3.8, 4) is 0 Å². The maximum absolute atomic E-state index is 9.92. The molecule has 0 amide bonds. The molecule has 3 saturated carbocycles. The fraction of sp³-hybridized carbons (Fsp3) is 1.00. The van der Waals surface area contributed by atoms with Gasteiger partial charge >= 0.3 is 0 Å². The normalized spacial score (nSPS) is 52.9. The van der Waals surface area contributed by atoms with Crippen molar-refractivity contribution in [2.45, 2.75) is 71.8 Å². The van der Waals surface area contributed by atoms with Crippen LogP contribution in [0.15, 0.2) is 0 Å². The Bertz CT molecular complexity index is 309. The molecule has 17 heavy (non-hydrogen) atoms. The van der Waals surface area contributed by atoms with Gasteiger partial charge in [0.2, 0.25) is 0 Å². The fourth-order valence-corrected chi connectivity index (χ4v) is 5.54. The van der Waals surface area contributed by atoms with E-state index in [1.54, 1.807) is 0 Å². The van der Waals surface area contributed by atoms with E-state index in [1.165, 1.54) is 32.1 Å². The van der Waals surface area contributed by atoms with Crippen LogP contribution in [-0.4, -0.2) is 11.2 Å². The van der Waals surface area contributed by atoms with Crippen LogP contribution in [0.2, 0.25) is 0 Å². The Labute approximate surface area is 106 Å². The monoisotopic (exact) mass is 236 g/mol. The minimum atomic E-state index is -0.000381. The summed E-state index contributed by atoms with van der Waals surface area (Å²) < 4.78 is 0. The van der Waals surface area contributed by atoms with Crippen molar-refractivity contribution < 1.29 is 5.11 Å². The van der Waals surface area contributed by atoms with Gasteiger partial charge in [-0.3, -0.25) is 0 Å². The van der Waals surface area contributed by atoms with Gasteiger partial charge < -0.3 is 5.11 Å². The highest BCUT2D eigenvalue weighted by Crippen LogP contribution is 2.70. The second kappa shape index (κ2) is 3.73.